The van der Waals surface area contributed by atoms with Crippen LogP contribution in [-0.2, 0) is 10.0 Å². The highest BCUT2D eigenvalue weighted by molar-refractivity contribution is 7.89. The predicted octanol–water partition coefficient (Wildman–Crippen LogP) is 1.17. The van der Waals surface area contributed by atoms with E-state index < -0.39 is 33.6 Å². The molecule has 0 amide bonds. The molecule has 10 heteroatoms. The SMILES string of the molecule is Cc1[nH]c(C(=O)O)c(C)c1S(=O)(=O)NCC(F)(F)F. The zero-order valence-electron chi connectivity index (χ0n) is 9.92. The molecule has 0 saturated heterocycles. The normalized spacial score (nSPS) is 12.7. The number of hydrogen-bond acceptors (Lipinski definition) is 3. The lowest BCUT2D eigenvalue weighted by Crippen LogP contribution is -2.34. The molecule has 1 aromatic rings. The Bertz CT molecular complexity index is 604. The van der Waals surface area contributed by atoms with Crippen molar-refractivity contribution in [1.82, 2.24) is 9.71 Å². The number of halogens is 3. The molecule has 19 heavy (non-hydrogen) atoms. The second-order valence-corrected chi connectivity index (χ2v) is 5.53. The number of aromatic amines is 1. The molecule has 1 rings (SSSR count). The van der Waals surface area contributed by atoms with E-state index in [1.54, 1.807) is 0 Å². The molecule has 3 N–H and O–H groups in total. The molecule has 0 aliphatic heterocycles. The number of nitrogens with one attached hydrogen (secondary N) is 2. The highest BCUT2D eigenvalue weighted by Gasteiger charge is 2.32. The number of carbonyl (C=O) groups is 1. The van der Waals surface area contributed by atoms with Gasteiger partial charge in [-0.25, -0.2) is 17.9 Å². The Labute approximate surface area is 106 Å². The van der Waals surface area contributed by atoms with Crippen LogP contribution < -0.4 is 4.72 Å². The molecule has 0 spiro atoms. The number of aryl methyl sites for hydroxylation is 1. The number of hydrogen-bond donors (Lipinski definition) is 3. The molecule has 1 aromatic heterocycles. The first-order valence-electron chi connectivity index (χ1n) is 4.94. The fraction of sp³-hybridized carbons (Fsp3) is 0.444. The summed E-state index contributed by atoms with van der Waals surface area (Å²) in [5.41, 5.74) is -0.547. The lowest BCUT2D eigenvalue weighted by molar-refractivity contribution is -0.121. The van der Waals surface area contributed by atoms with Crippen LogP contribution in [0, 0.1) is 13.8 Å². The summed E-state index contributed by atoms with van der Waals surface area (Å²) in [6.07, 6.45) is -4.69. The van der Waals surface area contributed by atoms with Gasteiger partial charge in [0.15, 0.2) is 0 Å². The Morgan fingerprint density at radius 3 is 2.26 bits per heavy atom. The summed E-state index contributed by atoms with van der Waals surface area (Å²) in [5.74, 6) is -1.39. The Morgan fingerprint density at radius 2 is 1.89 bits per heavy atom. The Balaban J connectivity index is 3.19. The van der Waals surface area contributed by atoms with E-state index in [-0.39, 0.29) is 17.0 Å². The average Bonchev–Trinajstić information content (AvgIpc) is 2.51. The van der Waals surface area contributed by atoms with Gasteiger partial charge in [0, 0.05) is 11.3 Å². The zero-order valence-corrected chi connectivity index (χ0v) is 10.7. The standard InChI is InChI=1S/C9H11F3N2O4S/c1-4-6(8(15)16)14-5(2)7(4)19(17,18)13-3-9(10,11)12/h13-14H,3H2,1-2H3,(H,15,16). The monoisotopic (exact) mass is 300 g/mol. The first kappa shape index (κ1) is 15.5. The van der Waals surface area contributed by atoms with Crippen molar-refractivity contribution in [3.05, 3.63) is 17.0 Å². The van der Waals surface area contributed by atoms with Crippen molar-refractivity contribution in [3.63, 3.8) is 0 Å². The molecule has 0 radical (unpaired) electrons. The van der Waals surface area contributed by atoms with E-state index in [1.807, 2.05) is 0 Å². The molecule has 0 unspecified atom stereocenters. The second-order valence-electron chi connectivity index (χ2n) is 3.82. The van der Waals surface area contributed by atoms with Crippen molar-refractivity contribution >= 4 is 16.0 Å². The maximum absolute atomic E-state index is 12.0. The number of rotatable bonds is 4. The summed E-state index contributed by atoms with van der Waals surface area (Å²) < 4.78 is 60.9. The lowest BCUT2D eigenvalue weighted by Gasteiger charge is -2.09. The zero-order chi connectivity index (χ0) is 15.0. The molecule has 0 saturated carbocycles. The summed E-state index contributed by atoms with van der Waals surface area (Å²) in [6.45, 7) is 0.749. The molecular formula is C9H11F3N2O4S. The third-order valence-corrected chi connectivity index (χ3v) is 3.99. The number of carboxylic acids is 1. The van der Waals surface area contributed by atoms with Crippen LogP contribution in [0.4, 0.5) is 13.2 Å². The minimum Gasteiger partial charge on any atom is -0.477 e. The van der Waals surface area contributed by atoms with Crippen LogP contribution in [0.25, 0.3) is 0 Å². The van der Waals surface area contributed by atoms with Crippen LogP contribution >= 0.6 is 0 Å². The van der Waals surface area contributed by atoms with Crippen molar-refractivity contribution in [2.45, 2.75) is 24.9 Å². The summed E-state index contributed by atoms with van der Waals surface area (Å²) in [4.78, 5) is 12.6. The molecule has 0 aromatic carbocycles. The largest absolute Gasteiger partial charge is 0.477 e. The van der Waals surface area contributed by atoms with Gasteiger partial charge >= 0.3 is 12.1 Å². The smallest absolute Gasteiger partial charge is 0.402 e. The molecule has 0 aliphatic rings. The Morgan fingerprint density at radius 1 is 1.37 bits per heavy atom. The number of carboxylic acid groups (broad SMARTS) is 1. The van der Waals surface area contributed by atoms with Crippen LogP contribution in [0.3, 0.4) is 0 Å². The molecule has 108 valence electrons. The number of sulfonamides is 1. The van der Waals surface area contributed by atoms with Crippen LogP contribution in [0.2, 0.25) is 0 Å². The average molecular weight is 300 g/mol. The van der Waals surface area contributed by atoms with E-state index in [2.05, 4.69) is 4.98 Å². The first-order chi connectivity index (χ1) is 8.46. The third kappa shape index (κ3) is 3.47. The molecule has 0 aliphatic carbocycles. The van der Waals surface area contributed by atoms with E-state index in [4.69, 9.17) is 5.11 Å². The summed E-state index contributed by atoms with van der Waals surface area (Å²) in [5, 5.41) is 8.80. The summed E-state index contributed by atoms with van der Waals surface area (Å²) in [6, 6.07) is 0. The molecular weight excluding hydrogens is 289 g/mol. The van der Waals surface area contributed by atoms with Crippen molar-refractivity contribution < 1.29 is 31.5 Å². The van der Waals surface area contributed by atoms with E-state index in [0.29, 0.717) is 0 Å². The van der Waals surface area contributed by atoms with Gasteiger partial charge in [-0.15, -0.1) is 0 Å². The van der Waals surface area contributed by atoms with Crippen LogP contribution in [-0.4, -0.2) is 37.2 Å². The molecule has 6 nitrogen and oxygen atoms in total. The summed E-state index contributed by atoms with van der Waals surface area (Å²) >= 11 is 0. The first-order valence-corrected chi connectivity index (χ1v) is 6.43. The van der Waals surface area contributed by atoms with Crippen molar-refractivity contribution in [3.8, 4) is 0 Å². The van der Waals surface area contributed by atoms with Gasteiger partial charge in [-0.1, -0.05) is 0 Å². The van der Waals surface area contributed by atoms with Gasteiger partial charge in [-0.2, -0.15) is 13.2 Å². The van der Waals surface area contributed by atoms with Crippen LogP contribution in [0.15, 0.2) is 4.90 Å². The van der Waals surface area contributed by atoms with E-state index in [1.165, 1.54) is 18.6 Å². The van der Waals surface area contributed by atoms with Gasteiger partial charge < -0.3 is 10.1 Å². The van der Waals surface area contributed by atoms with Crippen molar-refractivity contribution in [2.24, 2.45) is 0 Å². The fourth-order valence-electron chi connectivity index (χ4n) is 1.60. The number of H-pyrrole nitrogens is 1. The van der Waals surface area contributed by atoms with E-state index in [9.17, 15) is 26.4 Å². The summed E-state index contributed by atoms with van der Waals surface area (Å²) in [7, 11) is -4.43. The van der Waals surface area contributed by atoms with Gasteiger partial charge in [0.25, 0.3) is 0 Å². The van der Waals surface area contributed by atoms with Crippen LogP contribution in [0.1, 0.15) is 21.7 Å². The predicted molar refractivity (Wildman–Crippen MR) is 58.5 cm³/mol. The van der Waals surface area contributed by atoms with E-state index >= 15 is 0 Å². The number of aromatic nitrogens is 1. The quantitative estimate of drug-likeness (QED) is 0.777. The Kier molecular flexibility index (Phi) is 3.96. The molecule has 1 heterocycles. The highest BCUT2D eigenvalue weighted by atomic mass is 32.2. The molecule has 0 fully saturated rings. The van der Waals surface area contributed by atoms with Gasteiger partial charge in [0.2, 0.25) is 10.0 Å². The maximum atomic E-state index is 12.0. The minimum absolute atomic E-state index is 0.0374. The molecule has 0 atom stereocenters. The van der Waals surface area contributed by atoms with Gasteiger partial charge in [-0.05, 0) is 13.8 Å². The second kappa shape index (κ2) is 4.85. The Hall–Kier alpha value is -1.55. The van der Waals surface area contributed by atoms with Crippen LogP contribution in [0.5, 0.6) is 0 Å². The van der Waals surface area contributed by atoms with Gasteiger partial charge in [0.05, 0.1) is 0 Å². The third-order valence-electron chi connectivity index (χ3n) is 2.31. The highest BCUT2D eigenvalue weighted by Crippen LogP contribution is 2.23. The topological polar surface area (TPSA) is 99.3 Å². The number of alkyl halides is 3. The van der Waals surface area contributed by atoms with Crippen molar-refractivity contribution in [1.29, 1.82) is 0 Å². The van der Waals surface area contributed by atoms with Crippen molar-refractivity contribution in [2.75, 3.05) is 6.54 Å². The van der Waals surface area contributed by atoms with Gasteiger partial charge in [0.1, 0.15) is 17.1 Å². The lowest BCUT2D eigenvalue weighted by atomic mass is 10.2. The van der Waals surface area contributed by atoms with E-state index in [0.717, 1.165) is 0 Å². The maximum Gasteiger partial charge on any atom is 0.402 e. The number of aromatic carboxylic acids is 1. The minimum atomic E-state index is -4.69. The van der Waals surface area contributed by atoms with Gasteiger partial charge in [-0.3, -0.25) is 0 Å². The molecule has 0 bridgehead atoms. The fourth-order valence-corrected chi connectivity index (χ4v) is 3.06.